The SMILES string of the molecule is O=c1c(-c2ccc(O)cc2)coc2c(O)cc(OC3OC(CO)C(O)C(O)C3O)cc12. The van der Waals surface area contributed by atoms with E-state index < -0.39 is 48.5 Å². The first kappa shape index (κ1) is 21.1. The Hall–Kier alpha value is -3.15. The highest BCUT2D eigenvalue weighted by atomic mass is 16.7. The number of ether oxygens (including phenoxy) is 2. The summed E-state index contributed by atoms with van der Waals surface area (Å²) in [5, 5.41) is 58.9. The van der Waals surface area contributed by atoms with Crippen molar-refractivity contribution in [2.75, 3.05) is 6.61 Å². The topological polar surface area (TPSA) is 170 Å². The van der Waals surface area contributed by atoms with E-state index in [0.717, 1.165) is 6.07 Å². The van der Waals surface area contributed by atoms with Gasteiger partial charge in [0.1, 0.15) is 42.2 Å². The van der Waals surface area contributed by atoms with E-state index in [1.165, 1.54) is 36.6 Å². The number of phenolic OH excluding ortho intramolecular Hbond substituents is 2. The summed E-state index contributed by atoms with van der Waals surface area (Å²) in [6, 6.07) is 8.28. The van der Waals surface area contributed by atoms with Crippen LogP contribution < -0.4 is 10.2 Å². The zero-order chi connectivity index (χ0) is 22.3. The van der Waals surface area contributed by atoms with E-state index in [-0.39, 0.29) is 28.0 Å². The van der Waals surface area contributed by atoms with E-state index in [1.807, 2.05) is 0 Å². The predicted molar refractivity (Wildman–Crippen MR) is 106 cm³/mol. The fourth-order valence-corrected chi connectivity index (χ4v) is 3.40. The van der Waals surface area contributed by atoms with Gasteiger partial charge in [-0.2, -0.15) is 0 Å². The fraction of sp³-hybridized carbons (Fsp3) is 0.286. The average Bonchev–Trinajstić information content (AvgIpc) is 2.76. The molecule has 1 aliphatic rings. The van der Waals surface area contributed by atoms with Gasteiger partial charge in [0.25, 0.3) is 0 Å². The molecule has 10 nitrogen and oxygen atoms in total. The molecule has 0 spiro atoms. The molecule has 2 heterocycles. The molecule has 4 rings (SSSR count). The molecule has 1 aliphatic heterocycles. The summed E-state index contributed by atoms with van der Waals surface area (Å²) in [6.07, 6.45) is -6.32. The molecule has 0 amide bonds. The molecule has 3 aromatic rings. The van der Waals surface area contributed by atoms with Gasteiger partial charge >= 0.3 is 0 Å². The number of phenols is 2. The van der Waals surface area contributed by atoms with Gasteiger partial charge in [-0.05, 0) is 23.8 Å². The standard InChI is InChI=1S/C21H20O10/c22-7-15-17(26)18(27)19(28)21(31-15)30-11-5-12-16(25)13(8-29-20(12)14(24)6-11)9-1-3-10(23)4-2-9/h1-6,8,15,17-19,21-24,26-28H,7H2. The summed E-state index contributed by atoms with van der Waals surface area (Å²) in [5.74, 6) is -0.460. The van der Waals surface area contributed by atoms with Crippen molar-refractivity contribution in [2.24, 2.45) is 0 Å². The Kier molecular flexibility index (Phi) is 5.56. The van der Waals surface area contributed by atoms with Crippen molar-refractivity contribution in [3.05, 3.63) is 52.9 Å². The summed E-state index contributed by atoms with van der Waals surface area (Å²) < 4.78 is 16.2. The quantitative estimate of drug-likeness (QED) is 0.331. The number of fused-ring (bicyclic) bond motifs is 1. The van der Waals surface area contributed by atoms with E-state index in [4.69, 9.17) is 13.9 Å². The number of aromatic hydroxyl groups is 2. The molecule has 1 fully saturated rings. The van der Waals surface area contributed by atoms with E-state index in [2.05, 4.69) is 0 Å². The van der Waals surface area contributed by atoms with Crippen molar-refractivity contribution in [3.63, 3.8) is 0 Å². The van der Waals surface area contributed by atoms with E-state index in [0.29, 0.717) is 5.56 Å². The molecule has 1 saturated heterocycles. The van der Waals surface area contributed by atoms with Gasteiger partial charge in [-0.1, -0.05) is 12.1 Å². The molecule has 2 aromatic carbocycles. The number of hydrogen-bond donors (Lipinski definition) is 6. The van der Waals surface area contributed by atoms with Crippen LogP contribution in [0.15, 0.2) is 51.9 Å². The molecule has 10 heteroatoms. The van der Waals surface area contributed by atoms with Crippen LogP contribution in [0.3, 0.4) is 0 Å². The van der Waals surface area contributed by atoms with Crippen LogP contribution in [0.4, 0.5) is 0 Å². The fourth-order valence-electron chi connectivity index (χ4n) is 3.40. The highest BCUT2D eigenvalue weighted by molar-refractivity contribution is 5.87. The van der Waals surface area contributed by atoms with Crippen molar-refractivity contribution < 1.29 is 44.5 Å². The third-order valence-corrected chi connectivity index (χ3v) is 5.11. The van der Waals surface area contributed by atoms with Crippen LogP contribution in [0.25, 0.3) is 22.1 Å². The Balaban J connectivity index is 1.72. The molecule has 0 bridgehead atoms. The first-order valence-electron chi connectivity index (χ1n) is 9.35. The van der Waals surface area contributed by atoms with Crippen molar-refractivity contribution in [2.45, 2.75) is 30.7 Å². The lowest BCUT2D eigenvalue weighted by Crippen LogP contribution is -2.60. The minimum absolute atomic E-state index is 0.0230. The Labute approximate surface area is 174 Å². The van der Waals surface area contributed by atoms with Gasteiger partial charge in [-0.25, -0.2) is 0 Å². The van der Waals surface area contributed by atoms with Crippen molar-refractivity contribution in [3.8, 4) is 28.4 Å². The van der Waals surface area contributed by atoms with Gasteiger partial charge in [0.15, 0.2) is 11.3 Å². The smallest absolute Gasteiger partial charge is 0.229 e. The monoisotopic (exact) mass is 432 g/mol. The van der Waals surface area contributed by atoms with Crippen LogP contribution in [0.5, 0.6) is 17.2 Å². The minimum atomic E-state index is -1.66. The number of aliphatic hydroxyl groups is 4. The number of benzene rings is 2. The molecule has 164 valence electrons. The molecular formula is C21H20O10. The lowest BCUT2D eigenvalue weighted by Gasteiger charge is -2.39. The predicted octanol–water partition coefficient (Wildman–Crippen LogP) is 0.0499. The molecule has 1 aromatic heterocycles. The molecule has 0 saturated carbocycles. The highest BCUT2D eigenvalue weighted by Crippen LogP contribution is 2.33. The van der Waals surface area contributed by atoms with Crippen LogP contribution >= 0.6 is 0 Å². The molecular weight excluding hydrogens is 412 g/mol. The Morgan fingerprint density at radius 3 is 2.35 bits per heavy atom. The number of hydrogen-bond acceptors (Lipinski definition) is 10. The number of aliphatic hydroxyl groups excluding tert-OH is 4. The van der Waals surface area contributed by atoms with Crippen molar-refractivity contribution in [1.82, 2.24) is 0 Å². The van der Waals surface area contributed by atoms with Gasteiger partial charge in [0, 0.05) is 6.07 Å². The second kappa shape index (κ2) is 8.17. The van der Waals surface area contributed by atoms with Crippen LogP contribution in [0.1, 0.15) is 0 Å². The van der Waals surface area contributed by atoms with E-state index in [9.17, 15) is 35.4 Å². The molecule has 0 aliphatic carbocycles. The van der Waals surface area contributed by atoms with Crippen molar-refractivity contribution in [1.29, 1.82) is 0 Å². The van der Waals surface area contributed by atoms with E-state index in [1.54, 1.807) is 0 Å². The summed E-state index contributed by atoms with van der Waals surface area (Å²) in [5.41, 5.74) is 0.0836. The van der Waals surface area contributed by atoms with Crippen molar-refractivity contribution >= 4 is 11.0 Å². The second-order valence-electron chi connectivity index (χ2n) is 7.16. The third kappa shape index (κ3) is 3.82. The Morgan fingerprint density at radius 1 is 0.968 bits per heavy atom. The van der Waals surface area contributed by atoms with Gasteiger partial charge in [0.2, 0.25) is 11.7 Å². The summed E-state index contributed by atoms with van der Waals surface area (Å²) in [7, 11) is 0. The highest BCUT2D eigenvalue weighted by Gasteiger charge is 2.44. The molecule has 5 unspecified atom stereocenters. The van der Waals surface area contributed by atoms with E-state index >= 15 is 0 Å². The van der Waals surface area contributed by atoms with Crippen LogP contribution in [-0.2, 0) is 4.74 Å². The lowest BCUT2D eigenvalue weighted by molar-refractivity contribution is -0.277. The second-order valence-corrected chi connectivity index (χ2v) is 7.16. The number of rotatable bonds is 4. The molecule has 31 heavy (non-hydrogen) atoms. The third-order valence-electron chi connectivity index (χ3n) is 5.11. The van der Waals surface area contributed by atoms with Gasteiger partial charge in [0.05, 0.1) is 17.6 Å². The molecule has 0 radical (unpaired) electrons. The van der Waals surface area contributed by atoms with Gasteiger partial charge in [-0.15, -0.1) is 0 Å². The maximum Gasteiger partial charge on any atom is 0.229 e. The largest absolute Gasteiger partial charge is 0.508 e. The first-order valence-corrected chi connectivity index (χ1v) is 9.35. The summed E-state index contributed by atoms with van der Waals surface area (Å²) in [4.78, 5) is 13.0. The van der Waals surface area contributed by atoms with Crippen LogP contribution in [0.2, 0.25) is 0 Å². The zero-order valence-corrected chi connectivity index (χ0v) is 16.0. The molecule has 5 atom stereocenters. The Morgan fingerprint density at radius 2 is 1.68 bits per heavy atom. The minimum Gasteiger partial charge on any atom is -0.508 e. The molecule has 6 N–H and O–H groups in total. The van der Waals surface area contributed by atoms with Gasteiger partial charge in [-0.3, -0.25) is 4.79 Å². The summed E-state index contributed by atoms with van der Waals surface area (Å²) >= 11 is 0. The zero-order valence-electron chi connectivity index (χ0n) is 16.0. The maximum atomic E-state index is 13.0. The first-order chi connectivity index (χ1) is 14.8. The lowest BCUT2D eigenvalue weighted by atomic mass is 9.99. The normalized spacial score (nSPS) is 26.1. The summed E-state index contributed by atoms with van der Waals surface area (Å²) in [6.45, 7) is -0.632. The Bertz CT molecular complexity index is 1140. The average molecular weight is 432 g/mol. The van der Waals surface area contributed by atoms with Gasteiger partial charge < -0.3 is 44.5 Å². The van der Waals surface area contributed by atoms with Crippen LogP contribution in [-0.4, -0.2) is 68.0 Å². The van der Waals surface area contributed by atoms with Crippen LogP contribution in [0, 0.1) is 0 Å². The maximum absolute atomic E-state index is 13.0.